The van der Waals surface area contributed by atoms with E-state index in [0.29, 0.717) is 21.7 Å². The molecule has 18 heavy (non-hydrogen) atoms. The van der Waals surface area contributed by atoms with Gasteiger partial charge in [0.2, 0.25) is 0 Å². The second-order valence-electron chi connectivity index (χ2n) is 4.22. The summed E-state index contributed by atoms with van der Waals surface area (Å²) in [6.45, 7) is 1.59. The smallest absolute Gasteiger partial charge is 0.344 e. The predicted molar refractivity (Wildman–Crippen MR) is 66.3 cm³/mol. The van der Waals surface area contributed by atoms with Gasteiger partial charge in [0.1, 0.15) is 17.1 Å². The van der Waals surface area contributed by atoms with Crippen LogP contribution in [0.15, 0.2) is 39.5 Å². The zero-order valence-electron chi connectivity index (χ0n) is 9.53. The molecule has 0 atom stereocenters. The molecule has 1 N–H and O–H groups in total. The van der Waals surface area contributed by atoms with Crippen molar-refractivity contribution < 1.29 is 13.9 Å². The summed E-state index contributed by atoms with van der Waals surface area (Å²) in [5.74, 6) is -0.375. The Hall–Kier alpha value is -2.36. The molecule has 3 aromatic rings. The Bertz CT molecular complexity index is 834. The van der Waals surface area contributed by atoms with E-state index in [1.165, 1.54) is 24.3 Å². The molecule has 0 radical (unpaired) electrons. The molecule has 2 aromatic carbocycles. The Kier molecular flexibility index (Phi) is 2.13. The van der Waals surface area contributed by atoms with Crippen LogP contribution in [0, 0.1) is 12.7 Å². The Morgan fingerprint density at radius 2 is 1.89 bits per heavy atom. The van der Waals surface area contributed by atoms with Gasteiger partial charge in [-0.25, -0.2) is 9.18 Å². The first-order valence-electron chi connectivity index (χ1n) is 5.42. The number of benzene rings is 2. The van der Waals surface area contributed by atoms with Crippen molar-refractivity contribution in [1.29, 1.82) is 0 Å². The fourth-order valence-electron chi connectivity index (χ4n) is 2.05. The van der Waals surface area contributed by atoms with Gasteiger partial charge in [-0.2, -0.15) is 0 Å². The third kappa shape index (κ3) is 1.46. The van der Waals surface area contributed by atoms with Crippen LogP contribution in [0.25, 0.3) is 21.7 Å². The van der Waals surface area contributed by atoms with Crippen LogP contribution in [0.2, 0.25) is 0 Å². The van der Waals surface area contributed by atoms with Crippen LogP contribution in [0.3, 0.4) is 0 Å². The molecule has 0 aliphatic rings. The van der Waals surface area contributed by atoms with Gasteiger partial charge in [-0.15, -0.1) is 0 Å². The molecular formula is C14H9FO3. The maximum atomic E-state index is 13.6. The van der Waals surface area contributed by atoms with E-state index in [2.05, 4.69) is 0 Å². The predicted octanol–water partition coefficient (Wildman–Crippen LogP) is 3.10. The lowest BCUT2D eigenvalue weighted by Gasteiger charge is -2.04. The number of fused-ring (bicyclic) bond motifs is 3. The first-order chi connectivity index (χ1) is 8.56. The lowest BCUT2D eigenvalue weighted by molar-refractivity contribution is 0.473. The van der Waals surface area contributed by atoms with Crippen molar-refractivity contribution in [3.63, 3.8) is 0 Å². The van der Waals surface area contributed by atoms with Crippen LogP contribution in [-0.2, 0) is 0 Å². The second kappa shape index (κ2) is 3.57. The summed E-state index contributed by atoms with van der Waals surface area (Å²) in [6, 6.07) is 7.21. The van der Waals surface area contributed by atoms with Gasteiger partial charge in [-0.3, -0.25) is 0 Å². The molecule has 0 aliphatic carbocycles. The van der Waals surface area contributed by atoms with Gasteiger partial charge in [0.05, 0.1) is 5.39 Å². The Morgan fingerprint density at radius 3 is 2.67 bits per heavy atom. The first kappa shape index (κ1) is 10.8. The molecule has 0 spiro atoms. The molecule has 0 bridgehead atoms. The van der Waals surface area contributed by atoms with Gasteiger partial charge < -0.3 is 9.52 Å². The molecule has 1 aromatic heterocycles. The van der Waals surface area contributed by atoms with Crippen LogP contribution in [0.1, 0.15) is 5.56 Å². The molecule has 90 valence electrons. The van der Waals surface area contributed by atoms with Crippen LogP contribution in [-0.4, -0.2) is 5.11 Å². The number of phenols is 1. The van der Waals surface area contributed by atoms with Crippen molar-refractivity contribution >= 4 is 21.7 Å². The minimum Gasteiger partial charge on any atom is -0.508 e. The summed E-state index contributed by atoms with van der Waals surface area (Å²) >= 11 is 0. The maximum Gasteiger partial charge on any atom is 0.344 e. The average molecular weight is 244 g/mol. The van der Waals surface area contributed by atoms with Crippen LogP contribution in [0.4, 0.5) is 4.39 Å². The third-order valence-corrected chi connectivity index (χ3v) is 2.98. The standard InChI is InChI=1S/C14H9FO3/c1-7-4-11-10(6-12(7)15)9-3-2-8(16)5-13(9)18-14(11)17/h2-6,16H,1H3. The topological polar surface area (TPSA) is 50.4 Å². The van der Waals surface area contributed by atoms with E-state index in [1.54, 1.807) is 13.0 Å². The molecule has 4 heteroatoms. The number of rotatable bonds is 0. The van der Waals surface area contributed by atoms with Gasteiger partial charge in [0, 0.05) is 16.8 Å². The highest BCUT2D eigenvalue weighted by Gasteiger charge is 2.10. The van der Waals surface area contributed by atoms with Crippen molar-refractivity contribution in [3.8, 4) is 5.75 Å². The molecule has 3 nitrogen and oxygen atoms in total. The molecule has 3 rings (SSSR count). The van der Waals surface area contributed by atoms with Gasteiger partial charge >= 0.3 is 5.63 Å². The lowest BCUT2D eigenvalue weighted by Crippen LogP contribution is -2.01. The minimum atomic E-state index is -0.536. The molecule has 0 fully saturated rings. The van der Waals surface area contributed by atoms with E-state index in [0.717, 1.165) is 0 Å². The summed E-state index contributed by atoms with van der Waals surface area (Å²) in [5, 5.41) is 10.8. The van der Waals surface area contributed by atoms with Gasteiger partial charge in [-0.1, -0.05) is 0 Å². The third-order valence-electron chi connectivity index (χ3n) is 2.98. The van der Waals surface area contributed by atoms with Crippen LogP contribution >= 0.6 is 0 Å². The fraction of sp³-hybridized carbons (Fsp3) is 0.0714. The lowest BCUT2D eigenvalue weighted by atomic mass is 10.0. The van der Waals surface area contributed by atoms with Crippen molar-refractivity contribution in [2.75, 3.05) is 0 Å². The van der Waals surface area contributed by atoms with Crippen molar-refractivity contribution in [1.82, 2.24) is 0 Å². The van der Waals surface area contributed by atoms with Gasteiger partial charge in [-0.05, 0) is 36.8 Å². The van der Waals surface area contributed by atoms with E-state index in [1.807, 2.05) is 0 Å². The molecule has 0 amide bonds. The Labute approximate surface area is 101 Å². The zero-order valence-corrected chi connectivity index (χ0v) is 9.53. The summed E-state index contributed by atoms with van der Waals surface area (Å²) in [7, 11) is 0. The molecular weight excluding hydrogens is 235 g/mol. The number of hydrogen-bond acceptors (Lipinski definition) is 3. The van der Waals surface area contributed by atoms with Crippen LogP contribution < -0.4 is 5.63 Å². The highest BCUT2D eigenvalue weighted by Crippen LogP contribution is 2.27. The van der Waals surface area contributed by atoms with E-state index in [-0.39, 0.29) is 17.1 Å². The normalized spacial score (nSPS) is 11.2. The SMILES string of the molecule is Cc1cc2c(=O)oc3cc(O)ccc3c2cc1F. The highest BCUT2D eigenvalue weighted by atomic mass is 19.1. The fourth-order valence-corrected chi connectivity index (χ4v) is 2.05. The van der Waals surface area contributed by atoms with Gasteiger partial charge in [0.15, 0.2) is 0 Å². The van der Waals surface area contributed by atoms with Crippen molar-refractivity contribution in [2.45, 2.75) is 6.92 Å². The molecule has 0 aliphatic heterocycles. The van der Waals surface area contributed by atoms with E-state index >= 15 is 0 Å². The zero-order chi connectivity index (χ0) is 12.9. The molecule has 0 saturated heterocycles. The summed E-state index contributed by atoms with van der Waals surface area (Å²) in [5.41, 5.74) is 0.106. The summed E-state index contributed by atoms with van der Waals surface area (Å²) in [6.07, 6.45) is 0. The second-order valence-corrected chi connectivity index (χ2v) is 4.22. The van der Waals surface area contributed by atoms with Gasteiger partial charge in [0.25, 0.3) is 0 Å². The Balaban J connectivity index is 2.61. The Morgan fingerprint density at radius 1 is 1.11 bits per heavy atom. The maximum absolute atomic E-state index is 13.6. The van der Waals surface area contributed by atoms with E-state index < -0.39 is 5.63 Å². The number of halogens is 1. The molecule has 0 unspecified atom stereocenters. The largest absolute Gasteiger partial charge is 0.508 e. The quantitative estimate of drug-likeness (QED) is 0.488. The highest BCUT2D eigenvalue weighted by molar-refractivity contribution is 6.04. The van der Waals surface area contributed by atoms with Crippen molar-refractivity contribution in [3.05, 3.63) is 52.1 Å². The number of aryl methyl sites for hydroxylation is 1. The van der Waals surface area contributed by atoms with E-state index in [9.17, 15) is 14.3 Å². The average Bonchev–Trinajstić information content (AvgIpc) is 2.31. The minimum absolute atomic E-state index is 0.00224. The van der Waals surface area contributed by atoms with E-state index in [4.69, 9.17) is 4.42 Å². The monoisotopic (exact) mass is 244 g/mol. The van der Waals surface area contributed by atoms with Crippen molar-refractivity contribution in [2.24, 2.45) is 0 Å². The number of phenolic OH excluding ortho intramolecular Hbond substituents is 1. The van der Waals surface area contributed by atoms with Crippen LogP contribution in [0.5, 0.6) is 5.75 Å². The summed E-state index contributed by atoms with van der Waals surface area (Å²) < 4.78 is 18.7. The number of hydrogen-bond donors (Lipinski definition) is 1. The molecule has 1 heterocycles. The number of aromatic hydroxyl groups is 1. The first-order valence-corrected chi connectivity index (χ1v) is 5.42. The molecule has 0 saturated carbocycles. The summed E-state index contributed by atoms with van der Waals surface area (Å²) in [4.78, 5) is 11.8.